The Labute approximate surface area is 172 Å². The molecule has 0 saturated carbocycles. The lowest BCUT2D eigenvalue weighted by Gasteiger charge is -2.27. The molecule has 0 aliphatic carbocycles. The number of hydrogen-bond acceptors (Lipinski definition) is 8. The highest BCUT2D eigenvalue weighted by molar-refractivity contribution is 6.07. The molecule has 0 N–H and O–H groups in total. The van der Waals surface area contributed by atoms with Crippen LogP contribution in [0.2, 0.25) is 0 Å². The van der Waals surface area contributed by atoms with Crippen molar-refractivity contribution >= 4 is 18.0 Å². The number of hydrogen-bond donors (Lipinski definition) is 0. The van der Waals surface area contributed by atoms with Crippen molar-refractivity contribution in [2.24, 2.45) is 0 Å². The van der Waals surface area contributed by atoms with Crippen LogP contribution in [0.25, 0.3) is 6.08 Å². The summed E-state index contributed by atoms with van der Waals surface area (Å²) in [4.78, 5) is 25.6. The Morgan fingerprint density at radius 2 is 1.60 bits per heavy atom. The van der Waals surface area contributed by atoms with E-state index in [0.29, 0.717) is 28.6 Å². The first kappa shape index (κ1) is 19.6. The molecule has 8 nitrogen and oxygen atoms in total. The quantitative estimate of drug-likeness (QED) is 0.547. The minimum atomic E-state index is -2.02. The van der Waals surface area contributed by atoms with Gasteiger partial charge in [0.15, 0.2) is 11.5 Å². The molecule has 8 heteroatoms. The third-order valence-corrected chi connectivity index (χ3v) is 5.12. The maximum atomic E-state index is 12.8. The van der Waals surface area contributed by atoms with Gasteiger partial charge in [-0.2, -0.15) is 0 Å². The Kier molecular flexibility index (Phi) is 4.99. The highest BCUT2D eigenvalue weighted by Gasteiger charge is 2.62. The third-order valence-electron chi connectivity index (χ3n) is 5.12. The van der Waals surface area contributed by atoms with E-state index in [0.717, 1.165) is 5.56 Å². The molecule has 0 bridgehead atoms. The third kappa shape index (κ3) is 3.01. The average molecular weight is 412 g/mol. The minimum Gasteiger partial charge on any atom is -0.497 e. The van der Waals surface area contributed by atoms with E-state index in [4.69, 9.17) is 28.4 Å². The van der Waals surface area contributed by atoms with Crippen LogP contribution in [0.3, 0.4) is 0 Å². The molecule has 1 atom stereocenters. The summed E-state index contributed by atoms with van der Waals surface area (Å²) >= 11 is 0. The Balaban J connectivity index is 1.82. The van der Waals surface area contributed by atoms with E-state index in [9.17, 15) is 9.59 Å². The fourth-order valence-electron chi connectivity index (χ4n) is 3.61. The Hall–Kier alpha value is -3.68. The van der Waals surface area contributed by atoms with Crippen molar-refractivity contribution in [3.8, 4) is 23.0 Å². The van der Waals surface area contributed by atoms with Gasteiger partial charge >= 0.3 is 17.5 Å². The van der Waals surface area contributed by atoms with Gasteiger partial charge in [-0.05, 0) is 23.8 Å². The molecule has 2 aromatic carbocycles. The van der Waals surface area contributed by atoms with Crippen molar-refractivity contribution in [2.75, 3.05) is 28.1 Å². The SMILES string of the molecule is COC(=O)C1(C(=O)OC)Oc2cc3c(cc2[C@@H]1/C=C/c1ccc(OC)cc1)OCO3. The van der Waals surface area contributed by atoms with E-state index in [1.807, 2.05) is 24.3 Å². The van der Waals surface area contributed by atoms with Gasteiger partial charge in [0.2, 0.25) is 6.79 Å². The van der Waals surface area contributed by atoms with Crippen LogP contribution in [0.4, 0.5) is 0 Å². The van der Waals surface area contributed by atoms with Gasteiger partial charge in [0, 0.05) is 11.6 Å². The number of carbonyl (C=O) groups is 2. The molecule has 2 aromatic rings. The van der Waals surface area contributed by atoms with Gasteiger partial charge < -0.3 is 28.4 Å². The van der Waals surface area contributed by atoms with E-state index >= 15 is 0 Å². The zero-order chi connectivity index (χ0) is 21.3. The topological polar surface area (TPSA) is 89.5 Å². The molecular formula is C22H20O8. The predicted octanol–water partition coefficient (Wildman–Crippen LogP) is 2.70. The summed E-state index contributed by atoms with van der Waals surface area (Å²) in [5.74, 6) is -0.534. The van der Waals surface area contributed by atoms with Crippen LogP contribution in [0, 0.1) is 0 Å². The lowest BCUT2D eigenvalue weighted by atomic mass is 9.83. The first-order valence-corrected chi connectivity index (χ1v) is 9.15. The zero-order valence-electron chi connectivity index (χ0n) is 16.7. The second-order valence-corrected chi connectivity index (χ2v) is 6.67. The maximum absolute atomic E-state index is 12.8. The van der Waals surface area contributed by atoms with Crippen molar-refractivity contribution in [1.82, 2.24) is 0 Å². The van der Waals surface area contributed by atoms with E-state index in [1.165, 1.54) is 14.2 Å². The average Bonchev–Trinajstić information content (AvgIpc) is 3.37. The molecule has 0 unspecified atom stereocenters. The van der Waals surface area contributed by atoms with Crippen molar-refractivity contribution in [3.05, 3.63) is 53.6 Å². The summed E-state index contributed by atoms with van der Waals surface area (Å²) in [5.41, 5.74) is -0.599. The summed E-state index contributed by atoms with van der Waals surface area (Å²) in [5, 5.41) is 0. The van der Waals surface area contributed by atoms with Gasteiger partial charge in [-0.25, -0.2) is 9.59 Å². The largest absolute Gasteiger partial charge is 0.497 e. The molecule has 2 aliphatic heterocycles. The van der Waals surface area contributed by atoms with Crippen LogP contribution in [0.5, 0.6) is 23.0 Å². The van der Waals surface area contributed by atoms with Crippen molar-refractivity contribution < 1.29 is 38.0 Å². The lowest BCUT2D eigenvalue weighted by molar-refractivity contribution is -0.176. The molecular weight excluding hydrogens is 392 g/mol. The molecule has 2 heterocycles. The van der Waals surface area contributed by atoms with Crippen LogP contribution in [0.15, 0.2) is 42.5 Å². The molecule has 156 valence electrons. The number of esters is 2. The van der Waals surface area contributed by atoms with Gasteiger partial charge in [0.25, 0.3) is 0 Å². The molecule has 0 aromatic heterocycles. The fourth-order valence-corrected chi connectivity index (χ4v) is 3.61. The van der Waals surface area contributed by atoms with Crippen LogP contribution in [-0.2, 0) is 19.1 Å². The number of carbonyl (C=O) groups excluding carboxylic acids is 2. The molecule has 0 fully saturated rings. The Morgan fingerprint density at radius 3 is 2.20 bits per heavy atom. The summed E-state index contributed by atoms with van der Waals surface area (Å²) in [6.07, 6.45) is 3.50. The number of ether oxygens (including phenoxy) is 6. The van der Waals surface area contributed by atoms with Crippen molar-refractivity contribution in [1.29, 1.82) is 0 Å². The Morgan fingerprint density at radius 1 is 0.967 bits per heavy atom. The van der Waals surface area contributed by atoms with Gasteiger partial charge in [0.05, 0.1) is 27.2 Å². The molecule has 4 rings (SSSR count). The number of benzene rings is 2. The fraction of sp³-hybridized carbons (Fsp3) is 0.273. The molecule has 0 amide bonds. The monoisotopic (exact) mass is 412 g/mol. The van der Waals surface area contributed by atoms with Gasteiger partial charge in [-0.3, -0.25) is 0 Å². The first-order valence-electron chi connectivity index (χ1n) is 9.15. The number of fused-ring (bicyclic) bond motifs is 2. The molecule has 0 radical (unpaired) electrons. The van der Waals surface area contributed by atoms with Gasteiger partial charge in [-0.15, -0.1) is 0 Å². The van der Waals surface area contributed by atoms with E-state index in [2.05, 4.69) is 0 Å². The summed E-state index contributed by atoms with van der Waals surface area (Å²) in [6, 6.07) is 10.6. The molecule has 0 saturated heterocycles. The minimum absolute atomic E-state index is 0.0870. The first-order chi connectivity index (χ1) is 14.5. The molecule has 2 aliphatic rings. The summed E-state index contributed by atoms with van der Waals surface area (Å²) in [7, 11) is 3.97. The van der Waals surface area contributed by atoms with E-state index in [-0.39, 0.29) is 6.79 Å². The van der Waals surface area contributed by atoms with Crippen LogP contribution in [-0.4, -0.2) is 45.7 Å². The maximum Gasteiger partial charge on any atom is 0.363 e. The van der Waals surface area contributed by atoms with E-state index < -0.39 is 23.5 Å². The van der Waals surface area contributed by atoms with Crippen LogP contribution in [0.1, 0.15) is 17.0 Å². The van der Waals surface area contributed by atoms with Gasteiger partial charge in [-0.1, -0.05) is 24.3 Å². The summed E-state index contributed by atoms with van der Waals surface area (Å²) < 4.78 is 31.8. The zero-order valence-corrected chi connectivity index (χ0v) is 16.7. The number of methoxy groups -OCH3 is 3. The number of rotatable bonds is 5. The lowest BCUT2D eigenvalue weighted by Crippen LogP contribution is -2.54. The Bertz CT molecular complexity index is 993. The second kappa shape index (κ2) is 7.62. The highest BCUT2D eigenvalue weighted by Crippen LogP contribution is 2.51. The van der Waals surface area contributed by atoms with Gasteiger partial charge in [0.1, 0.15) is 11.5 Å². The summed E-state index contributed by atoms with van der Waals surface area (Å²) in [6.45, 7) is 0.0870. The molecule has 30 heavy (non-hydrogen) atoms. The highest BCUT2D eigenvalue weighted by atomic mass is 16.7. The van der Waals surface area contributed by atoms with Crippen LogP contribution < -0.4 is 18.9 Å². The molecule has 0 spiro atoms. The van der Waals surface area contributed by atoms with Crippen molar-refractivity contribution in [2.45, 2.75) is 11.5 Å². The van der Waals surface area contributed by atoms with Crippen molar-refractivity contribution in [3.63, 3.8) is 0 Å². The van der Waals surface area contributed by atoms with Crippen LogP contribution >= 0.6 is 0 Å². The second-order valence-electron chi connectivity index (χ2n) is 6.67. The predicted molar refractivity (Wildman–Crippen MR) is 105 cm³/mol. The normalized spacial score (nSPS) is 17.9. The standard InChI is InChI=1S/C22H20O8/c1-25-14-7-4-13(5-8-14)6-9-16-15-10-18-19(29-12-28-18)11-17(15)30-22(16,20(23)26-2)21(24)27-3/h4-11,16H,12H2,1-3H3/b9-6+/t16-/m0/s1. The smallest absolute Gasteiger partial charge is 0.363 e. The van der Waals surface area contributed by atoms with E-state index in [1.54, 1.807) is 31.4 Å².